The molecule has 0 atom stereocenters. The molecule has 2 aromatic carbocycles. The van der Waals surface area contributed by atoms with E-state index in [0.29, 0.717) is 17.1 Å². The zero-order chi connectivity index (χ0) is 16.4. The van der Waals surface area contributed by atoms with E-state index < -0.39 is 0 Å². The monoisotopic (exact) mass is 374 g/mol. The number of nitrogens with zero attached hydrogens (tertiary/aromatic N) is 1. The quantitative estimate of drug-likeness (QED) is 0.659. The minimum Gasteiger partial charge on any atom is -0.454 e. The lowest BCUT2D eigenvalue weighted by Crippen LogP contribution is -2.17. The summed E-state index contributed by atoms with van der Waals surface area (Å²) in [5.41, 5.74) is 6.11. The molecule has 5 nitrogen and oxygen atoms in total. The molecule has 3 rings (SSSR count). The summed E-state index contributed by atoms with van der Waals surface area (Å²) in [6, 6.07) is 9.16. The number of aryl methyl sites for hydroxylation is 2. The Morgan fingerprint density at radius 2 is 1.91 bits per heavy atom. The third-order valence-corrected chi connectivity index (χ3v) is 4.32. The summed E-state index contributed by atoms with van der Waals surface area (Å²) in [7, 11) is 0. The van der Waals surface area contributed by atoms with E-state index >= 15 is 0 Å². The van der Waals surface area contributed by atoms with Crippen LogP contribution in [0.15, 0.2) is 39.9 Å². The Morgan fingerprint density at radius 3 is 2.65 bits per heavy atom. The lowest BCUT2D eigenvalue weighted by atomic mass is 10.1. The maximum absolute atomic E-state index is 12.1. The summed E-state index contributed by atoms with van der Waals surface area (Å²) < 4.78 is 11.4. The van der Waals surface area contributed by atoms with Gasteiger partial charge in [0.2, 0.25) is 6.79 Å². The summed E-state index contributed by atoms with van der Waals surface area (Å²) in [5.74, 6) is 1.10. The predicted molar refractivity (Wildman–Crippen MR) is 91.2 cm³/mol. The Kier molecular flexibility index (Phi) is 4.34. The van der Waals surface area contributed by atoms with Crippen molar-refractivity contribution in [3.8, 4) is 11.5 Å². The summed E-state index contributed by atoms with van der Waals surface area (Å²) in [5, 5.41) is 4.01. The number of hydrazone groups is 1. The normalized spacial score (nSPS) is 12.7. The van der Waals surface area contributed by atoms with E-state index in [1.54, 1.807) is 18.3 Å². The zero-order valence-electron chi connectivity index (χ0n) is 12.7. The van der Waals surface area contributed by atoms with Crippen molar-refractivity contribution in [2.75, 3.05) is 6.79 Å². The molecule has 0 spiro atoms. The van der Waals surface area contributed by atoms with Gasteiger partial charge in [-0.15, -0.1) is 0 Å². The van der Waals surface area contributed by atoms with E-state index in [1.807, 2.05) is 32.0 Å². The van der Waals surface area contributed by atoms with Crippen LogP contribution >= 0.6 is 15.9 Å². The van der Waals surface area contributed by atoms with Crippen molar-refractivity contribution in [2.24, 2.45) is 5.10 Å². The van der Waals surface area contributed by atoms with Gasteiger partial charge < -0.3 is 9.47 Å². The second-order valence-corrected chi connectivity index (χ2v) is 6.08. The molecule has 0 radical (unpaired) electrons. The SMILES string of the molecule is Cc1ccc(C(=O)N/N=C/c2cc3c(cc2Br)OCO3)cc1C. The van der Waals surface area contributed by atoms with Crippen molar-refractivity contribution in [1.82, 2.24) is 5.43 Å². The number of halogens is 1. The van der Waals surface area contributed by atoms with Crippen LogP contribution in [-0.2, 0) is 0 Å². The number of nitrogens with one attached hydrogen (secondary N) is 1. The largest absolute Gasteiger partial charge is 0.454 e. The maximum atomic E-state index is 12.1. The van der Waals surface area contributed by atoms with Crippen LogP contribution in [0.25, 0.3) is 0 Å². The molecular weight excluding hydrogens is 360 g/mol. The fourth-order valence-corrected chi connectivity index (χ4v) is 2.56. The van der Waals surface area contributed by atoms with Crippen LogP contribution in [0.1, 0.15) is 27.0 Å². The number of hydrogen-bond donors (Lipinski definition) is 1. The number of hydrogen-bond acceptors (Lipinski definition) is 4. The predicted octanol–water partition coefficient (Wildman–Crippen LogP) is 3.56. The van der Waals surface area contributed by atoms with E-state index in [1.165, 1.54) is 0 Å². The van der Waals surface area contributed by atoms with Crippen molar-refractivity contribution < 1.29 is 14.3 Å². The highest BCUT2D eigenvalue weighted by Crippen LogP contribution is 2.36. The minimum atomic E-state index is -0.249. The van der Waals surface area contributed by atoms with Gasteiger partial charge >= 0.3 is 0 Å². The summed E-state index contributed by atoms with van der Waals surface area (Å²) in [4.78, 5) is 12.1. The van der Waals surface area contributed by atoms with E-state index in [0.717, 1.165) is 21.2 Å². The van der Waals surface area contributed by atoms with Gasteiger partial charge in [0.15, 0.2) is 11.5 Å². The molecule has 0 aromatic heterocycles. The number of ether oxygens (including phenoxy) is 2. The molecule has 2 aromatic rings. The molecule has 1 N–H and O–H groups in total. The molecular formula is C17H15BrN2O3. The number of amides is 1. The van der Waals surface area contributed by atoms with E-state index in [9.17, 15) is 4.79 Å². The Morgan fingerprint density at radius 1 is 1.17 bits per heavy atom. The van der Waals surface area contributed by atoms with Crippen LogP contribution in [-0.4, -0.2) is 18.9 Å². The van der Waals surface area contributed by atoms with Crippen molar-refractivity contribution in [3.05, 3.63) is 57.1 Å². The average molecular weight is 375 g/mol. The van der Waals surface area contributed by atoms with E-state index in [4.69, 9.17) is 9.47 Å². The first-order chi connectivity index (χ1) is 11.0. The van der Waals surface area contributed by atoms with Gasteiger partial charge in [-0.25, -0.2) is 5.43 Å². The van der Waals surface area contributed by atoms with Crippen molar-refractivity contribution in [1.29, 1.82) is 0 Å². The topological polar surface area (TPSA) is 59.9 Å². The molecule has 0 saturated carbocycles. The van der Waals surface area contributed by atoms with E-state index in [-0.39, 0.29) is 12.7 Å². The smallest absolute Gasteiger partial charge is 0.271 e. The van der Waals surface area contributed by atoms with Crippen molar-refractivity contribution in [3.63, 3.8) is 0 Å². The van der Waals surface area contributed by atoms with Gasteiger partial charge in [-0.1, -0.05) is 6.07 Å². The van der Waals surface area contributed by atoms with Crippen LogP contribution < -0.4 is 14.9 Å². The van der Waals surface area contributed by atoms with Crippen molar-refractivity contribution in [2.45, 2.75) is 13.8 Å². The summed E-state index contributed by atoms with van der Waals surface area (Å²) >= 11 is 3.44. The number of benzene rings is 2. The van der Waals surface area contributed by atoms with Crippen LogP contribution in [0, 0.1) is 13.8 Å². The van der Waals surface area contributed by atoms with Gasteiger partial charge in [-0.3, -0.25) is 4.79 Å². The molecule has 1 aliphatic rings. The third kappa shape index (κ3) is 3.37. The Labute approximate surface area is 142 Å². The van der Waals surface area contributed by atoms with E-state index in [2.05, 4.69) is 26.5 Å². The second kappa shape index (κ2) is 6.42. The Balaban J connectivity index is 1.71. The molecule has 0 unspecified atom stereocenters. The first kappa shape index (κ1) is 15.6. The molecule has 1 amide bonds. The number of fused-ring (bicyclic) bond motifs is 1. The lowest BCUT2D eigenvalue weighted by Gasteiger charge is -2.04. The zero-order valence-corrected chi connectivity index (χ0v) is 14.3. The Hall–Kier alpha value is -2.34. The minimum absolute atomic E-state index is 0.214. The number of rotatable bonds is 3. The second-order valence-electron chi connectivity index (χ2n) is 5.23. The standard InChI is InChI=1S/C17H15BrN2O3/c1-10-3-4-12(5-11(10)2)17(21)20-19-8-13-6-15-16(7-14(13)18)23-9-22-15/h3-8H,9H2,1-2H3,(H,20,21)/b19-8+. The van der Waals surface area contributed by atoms with Gasteiger partial charge in [0.05, 0.1) is 6.21 Å². The highest BCUT2D eigenvalue weighted by atomic mass is 79.9. The fourth-order valence-electron chi connectivity index (χ4n) is 2.14. The van der Waals surface area contributed by atoms with Gasteiger partial charge in [0.25, 0.3) is 5.91 Å². The Bertz CT molecular complexity index is 803. The highest BCUT2D eigenvalue weighted by Gasteiger charge is 2.15. The van der Waals surface area contributed by atoms with Crippen molar-refractivity contribution >= 4 is 28.1 Å². The van der Waals surface area contributed by atoms with Crippen LogP contribution in [0.2, 0.25) is 0 Å². The maximum Gasteiger partial charge on any atom is 0.271 e. The molecule has 1 aliphatic heterocycles. The molecule has 0 aliphatic carbocycles. The van der Waals surface area contributed by atoms with Gasteiger partial charge in [-0.2, -0.15) is 5.10 Å². The van der Waals surface area contributed by atoms with Crippen LogP contribution in [0.5, 0.6) is 11.5 Å². The number of carbonyl (C=O) groups is 1. The molecule has 0 fully saturated rings. The first-order valence-corrected chi connectivity index (χ1v) is 7.83. The molecule has 0 bridgehead atoms. The average Bonchev–Trinajstić information content (AvgIpc) is 2.97. The summed E-state index contributed by atoms with van der Waals surface area (Å²) in [6.07, 6.45) is 1.56. The first-order valence-electron chi connectivity index (χ1n) is 7.04. The molecule has 23 heavy (non-hydrogen) atoms. The van der Waals surface area contributed by atoms with Gasteiger partial charge in [0.1, 0.15) is 0 Å². The van der Waals surface area contributed by atoms with Gasteiger partial charge in [0, 0.05) is 15.6 Å². The molecule has 0 saturated heterocycles. The fraction of sp³-hybridized carbons (Fsp3) is 0.176. The van der Waals surface area contributed by atoms with Crippen LogP contribution in [0.4, 0.5) is 0 Å². The lowest BCUT2D eigenvalue weighted by molar-refractivity contribution is 0.0955. The molecule has 1 heterocycles. The van der Waals surface area contributed by atoms with Gasteiger partial charge in [-0.05, 0) is 65.2 Å². The highest BCUT2D eigenvalue weighted by molar-refractivity contribution is 9.10. The number of carbonyl (C=O) groups excluding carboxylic acids is 1. The molecule has 118 valence electrons. The third-order valence-electron chi connectivity index (χ3n) is 3.63. The van der Waals surface area contributed by atoms with Crippen LogP contribution in [0.3, 0.4) is 0 Å². The summed E-state index contributed by atoms with van der Waals surface area (Å²) in [6.45, 7) is 4.19. The molecule has 6 heteroatoms.